The third-order valence-electron chi connectivity index (χ3n) is 3.07. The molecule has 0 atom stereocenters. The highest BCUT2D eigenvalue weighted by Crippen LogP contribution is 2.24. The minimum absolute atomic E-state index is 0.113. The van der Waals surface area contributed by atoms with Gasteiger partial charge in [-0.1, -0.05) is 41.2 Å². The Balaban J connectivity index is 1.49. The van der Waals surface area contributed by atoms with E-state index in [0.717, 1.165) is 26.6 Å². The van der Waals surface area contributed by atoms with Gasteiger partial charge < -0.3 is 5.32 Å². The van der Waals surface area contributed by atoms with Crippen LogP contribution in [0.4, 0.5) is 10.8 Å². The van der Waals surface area contributed by atoms with E-state index < -0.39 is 0 Å². The minimum atomic E-state index is -0.113. The van der Waals surface area contributed by atoms with E-state index in [9.17, 15) is 4.79 Å². The van der Waals surface area contributed by atoms with Gasteiger partial charge in [0.05, 0.1) is 16.8 Å². The largest absolute Gasteiger partial charge is 0.325 e. The second-order valence-corrected chi connectivity index (χ2v) is 5.91. The summed E-state index contributed by atoms with van der Waals surface area (Å²) in [6.45, 7) is 2.17. The van der Waals surface area contributed by atoms with Crippen LogP contribution in [0, 0.1) is 6.92 Å². The molecule has 3 N–H and O–H groups in total. The van der Waals surface area contributed by atoms with Crippen molar-refractivity contribution in [3.8, 4) is 0 Å². The summed E-state index contributed by atoms with van der Waals surface area (Å²) in [5, 5.41) is 3.56. The molecule has 3 aromatic rings. The molecular formula is C16H16N4OS. The summed E-state index contributed by atoms with van der Waals surface area (Å²) in [5.41, 5.74) is 8.73. The zero-order valence-electron chi connectivity index (χ0n) is 12.1. The van der Waals surface area contributed by atoms with E-state index in [0.29, 0.717) is 0 Å². The topological polar surface area (TPSA) is 66.1 Å². The smallest absolute Gasteiger partial charge is 0.240 e. The maximum atomic E-state index is 11.8. The van der Waals surface area contributed by atoms with Gasteiger partial charge in [0.2, 0.25) is 5.91 Å². The van der Waals surface area contributed by atoms with Crippen LogP contribution in [-0.4, -0.2) is 17.4 Å². The molecule has 0 aliphatic heterocycles. The van der Waals surface area contributed by atoms with Gasteiger partial charge in [0, 0.05) is 5.69 Å². The van der Waals surface area contributed by atoms with Crippen LogP contribution in [0.25, 0.3) is 10.2 Å². The Labute approximate surface area is 132 Å². The van der Waals surface area contributed by atoms with Gasteiger partial charge in [-0.3, -0.25) is 10.2 Å². The predicted molar refractivity (Wildman–Crippen MR) is 91.1 cm³/mol. The molecule has 2 aromatic carbocycles. The number of rotatable bonds is 5. The molecule has 112 valence electrons. The lowest BCUT2D eigenvalue weighted by Crippen LogP contribution is -2.32. The first-order valence-corrected chi connectivity index (χ1v) is 7.73. The van der Waals surface area contributed by atoms with Crippen molar-refractivity contribution in [2.45, 2.75) is 6.92 Å². The standard InChI is InChI=1S/C16H16N4OS/c1-11-6-8-12(9-7-11)18-15(21)10-17-20-16-19-13-4-2-3-5-14(13)22-16/h2-9,17H,10H2,1H3,(H,18,21)(H,19,20). The molecule has 6 heteroatoms. The number of carbonyl (C=O) groups is 1. The van der Waals surface area contributed by atoms with E-state index in [2.05, 4.69) is 21.2 Å². The Hall–Kier alpha value is -2.44. The van der Waals surface area contributed by atoms with Crippen LogP contribution in [0.15, 0.2) is 48.5 Å². The van der Waals surface area contributed by atoms with Crippen molar-refractivity contribution in [2.24, 2.45) is 0 Å². The van der Waals surface area contributed by atoms with Gasteiger partial charge in [-0.15, -0.1) is 0 Å². The molecule has 0 saturated heterocycles. The number of aryl methyl sites for hydroxylation is 1. The number of carbonyl (C=O) groups excluding carboxylic acids is 1. The monoisotopic (exact) mass is 312 g/mol. The third kappa shape index (κ3) is 3.60. The third-order valence-corrected chi connectivity index (χ3v) is 4.03. The van der Waals surface area contributed by atoms with Crippen LogP contribution >= 0.6 is 11.3 Å². The number of nitrogens with zero attached hydrogens (tertiary/aromatic N) is 1. The molecule has 22 heavy (non-hydrogen) atoms. The van der Waals surface area contributed by atoms with E-state index in [1.54, 1.807) is 0 Å². The van der Waals surface area contributed by atoms with Gasteiger partial charge in [0.25, 0.3) is 0 Å². The molecule has 0 aliphatic carbocycles. The van der Waals surface area contributed by atoms with Crippen LogP contribution in [0.1, 0.15) is 5.56 Å². The van der Waals surface area contributed by atoms with E-state index in [4.69, 9.17) is 0 Å². The number of hydrogen-bond acceptors (Lipinski definition) is 5. The maximum absolute atomic E-state index is 11.8. The van der Waals surface area contributed by atoms with Gasteiger partial charge in [-0.25, -0.2) is 10.4 Å². The highest BCUT2D eigenvalue weighted by molar-refractivity contribution is 7.22. The van der Waals surface area contributed by atoms with Crippen molar-refractivity contribution in [3.05, 3.63) is 54.1 Å². The fourth-order valence-electron chi connectivity index (χ4n) is 1.97. The molecule has 1 aromatic heterocycles. The molecule has 0 unspecified atom stereocenters. The summed E-state index contributed by atoms with van der Waals surface area (Å²) < 4.78 is 1.11. The molecule has 1 heterocycles. The number of hydrogen-bond donors (Lipinski definition) is 3. The van der Waals surface area contributed by atoms with Crippen molar-refractivity contribution in [2.75, 3.05) is 17.3 Å². The van der Waals surface area contributed by atoms with Crippen molar-refractivity contribution in [1.82, 2.24) is 10.4 Å². The molecule has 0 fully saturated rings. The van der Waals surface area contributed by atoms with Crippen LogP contribution in [0.2, 0.25) is 0 Å². The first-order chi connectivity index (χ1) is 10.7. The van der Waals surface area contributed by atoms with Crippen LogP contribution in [0.3, 0.4) is 0 Å². The van der Waals surface area contributed by atoms with E-state index in [1.807, 2.05) is 55.5 Å². The second-order valence-electron chi connectivity index (χ2n) is 4.88. The van der Waals surface area contributed by atoms with Crippen LogP contribution in [0.5, 0.6) is 0 Å². The fraction of sp³-hybridized carbons (Fsp3) is 0.125. The van der Waals surface area contributed by atoms with Crippen molar-refractivity contribution >= 4 is 38.3 Å². The summed E-state index contributed by atoms with van der Waals surface area (Å²) in [6.07, 6.45) is 0. The number of nitrogens with one attached hydrogen (secondary N) is 3. The lowest BCUT2D eigenvalue weighted by molar-refractivity contribution is -0.115. The van der Waals surface area contributed by atoms with Gasteiger partial charge in [0.15, 0.2) is 5.13 Å². The summed E-state index contributed by atoms with van der Waals surface area (Å²) in [7, 11) is 0. The summed E-state index contributed by atoms with van der Waals surface area (Å²) in [6, 6.07) is 15.6. The van der Waals surface area contributed by atoms with Gasteiger partial charge in [-0.2, -0.15) is 0 Å². The highest BCUT2D eigenvalue weighted by atomic mass is 32.1. The second kappa shape index (κ2) is 6.55. The first-order valence-electron chi connectivity index (χ1n) is 6.92. The summed E-state index contributed by atoms with van der Waals surface area (Å²) in [4.78, 5) is 16.2. The molecule has 0 spiro atoms. The minimum Gasteiger partial charge on any atom is -0.325 e. The Morgan fingerprint density at radius 1 is 1.14 bits per heavy atom. The van der Waals surface area contributed by atoms with E-state index in [-0.39, 0.29) is 12.5 Å². The quantitative estimate of drug-likeness (QED) is 0.633. The predicted octanol–water partition coefficient (Wildman–Crippen LogP) is 3.16. The van der Waals surface area contributed by atoms with Crippen molar-refractivity contribution < 1.29 is 4.79 Å². The number of fused-ring (bicyclic) bond motifs is 1. The van der Waals surface area contributed by atoms with Crippen molar-refractivity contribution in [3.63, 3.8) is 0 Å². The molecule has 0 saturated carbocycles. The Morgan fingerprint density at radius 2 is 1.91 bits per heavy atom. The van der Waals surface area contributed by atoms with E-state index >= 15 is 0 Å². The first kappa shape index (κ1) is 14.5. The molecule has 1 amide bonds. The Kier molecular flexibility index (Phi) is 4.32. The van der Waals surface area contributed by atoms with Crippen LogP contribution in [-0.2, 0) is 4.79 Å². The molecule has 5 nitrogen and oxygen atoms in total. The van der Waals surface area contributed by atoms with Gasteiger partial charge in [0.1, 0.15) is 0 Å². The maximum Gasteiger partial charge on any atom is 0.240 e. The summed E-state index contributed by atoms with van der Waals surface area (Å²) in [5.74, 6) is -0.113. The normalized spacial score (nSPS) is 10.6. The molecular weight excluding hydrogens is 296 g/mol. The SMILES string of the molecule is Cc1ccc(NC(=O)CNNc2nc3ccccc3s2)cc1. The van der Waals surface area contributed by atoms with Gasteiger partial charge in [-0.05, 0) is 31.2 Å². The number of amides is 1. The lowest BCUT2D eigenvalue weighted by atomic mass is 10.2. The number of benzene rings is 2. The highest BCUT2D eigenvalue weighted by Gasteiger charge is 2.04. The summed E-state index contributed by atoms with van der Waals surface area (Å²) >= 11 is 1.54. The van der Waals surface area contributed by atoms with Gasteiger partial charge >= 0.3 is 0 Å². The van der Waals surface area contributed by atoms with E-state index in [1.165, 1.54) is 11.3 Å². The number of thiazole rings is 1. The average molecular weight is 312 g/mol. The number of aromatic nitrogens is 1. The average Bonchev–Trinajstić information content (AvgIpc) is 2.92. The number of anilines is 2. The molecule has 3 rings (SSSR count). The molecule has 0 bridgehead atoms. The Bertz CT molecular complexity index is 749. The van der Waals surface area contributed by atoms with Crippen molar-refractivity contribution in [1.29, 1.82) is 0 Å². The zero-order chi connectivity index (χ0) is 15.4. The fourth-order valence-corrected chi connectivity index (χ4v) is 2.81. The van der Waals surface area contributed by atoms with Crippen LogP contribution < -0.4 is 16.2 Å². The lowest BCUT2D eigenvalue weighted by Gasteiger charge is -2.07. The molecule has 0 radical (unpaired) electrons. The number of hydrazine groups is 1. The Morgan fingerprint density at radius 3 is 2.68 bits per heavy atom. The molecule has 0 aliphatic rings. The number of para-hydroxylation sites is 1. The zero-order valence-corrected chi connectivity index (χ0v) is 12.9.